The van der Waals surface area contributed by atoms with Crippen molar-refractivity contribution in [2.24, 2.45) is 5.92 Å². The molecule has 0 spiro atoms. The number of methoxy groups -OCH3 is 2. The van der Waals surface area contributed by atoms with E-state index >= 15 is 0 Å². The third-order valence-corrected chi connectivity index (χ3v) is 6.17. The highest BCUT2D eigenvalue weighted by molar-refractivity contribution is 6.02. The molecule has 0 radical (unpaired) electrons. The molecule has 3 unspecified atom stereocenters. The average molecular weight is 406 g/mol. The van der Waals surface area contributed by atoms with Crippen molar-refractivity contribution >= 4 is 17.8 Å². The van der Waals surface area contributed by atoms with Crippen LogP contribution in [0.25, 0.3) is 0 Å². The van der Waals surface area contributed by atoms with Gasteiger partial charge in [0.1, 0.15) is 18.3 Å². The maximum atomic E-state index is 13.5. The van der Waals surface area contributed by atoms with Crippen molar-refractivity contribution in [3.05, 3.63) is 22.5 Å². The zero-order valence-corrected chi connectivity index (χ0v) is 17.6. The molecule has 1 aromatic rings. The fourth-order valence-corrected chi connectivity index (χ4v) is 4.79. The number of rotatable bonds is 6. The molecule has 0 bridgehead atoms. The second kappa shape index (κ2) is 8.98. The molecule has 160 valence electrons. The van der Waals surface area contributed by atoms with Crippen LogP contribution in [-0.2, 0) is 19.0 Å². The summed E-state index contributed by atoms with van der Waals surface area (Å²) in [7, 11) is 2.88. The number of amides is 1. The van der Waals surface area contributed by atoms with Crippen molar-refractivity contribution in [2.75, 3.05) is 27.4 Å². The van der Waals surface area contributed by atoms with Gasteiger partial charge in [0.15, 0.2) is 0 Å². The first-order valence-electron chi connectivity index (χ1n) is 10.2. The Balaban J connectivity index is 1.89. The van der Waals surface area contributed by atoms with Gasteiger partial charge >= 0.3 is 11.9 Å². The number of aromatic nitrogens is 1. The lowest BCUT2D eigenvalue weighted by Gasteiger charge is -2.33. The minimum atomic E-state index is -0.583. The molecule has 1 aliphatic heterocycles. The maximum absolute atomic E-state index is 13.5. The van der Waals surface area contributed by atoms with Gasteiger partial charge in [-0.2, -0.15) is 0 Å². The Bertz CT molecular complexity index is 786. The smallest absolute Gasteiger partial charge is 0.340 e. The van der Waals surface area contributed by atoms with Gasteiger partial charge in [-0.1, -0.05) is 12.8 Å². The molecule has 1 saturated heterocycles. The standard InChI is InChI=1S/C21H30N2O6/c1-12-17(21(26)29-10-9-27-3)13(2)22-18(12)19(24)23-15-8-6-5-7-14(15)11-16(23)20(25)28-4/h14-16,22H,5-11H2,1-4H3. The van der Waals surface area contributed by atoms with Crippen molar-refractivity contribution in [3.8, 4) is 0 Å². The van der Waals surface area contributed by atoms with Crippen molar-refractivity contribution in [2.45, 2.75) is 58.0 Å². The molecule has 8 heteroatoms. The normalized spacial score (nSPS) is 23.6. The molecule has 0 aromatic carbocycles. The van der Waals surface area contributed by atoms with Crippen molar-refractivity contribution in [1.82, 2.24) is 9.88 Å². The molecule has 1 saturated carbocycles. The van der Waals surface area contributed by atoms with Crippen LogP contribution in [0.4, 0.5) is 0 Å². The zero-order chi connectivity index (χ0) is 21.1. The lowest BCUT2D eigenvalue weighted by atomic mass is 9.84. The zero-order valence-electron chi connectivity index (χ0n) is 17.6. The van der Waals surface area contributed by atoms with E-state index in [2.05, 4.69) is 4.98 Å². The predicted octanol–water partition coefficient (Wildman–Crippen LogP) is 2.38. The van der Waals surface area contributed by atoms with Crippen molar-refractivity contribution in [1.29, 1.82) is 0 Å². The number of nitrogens with one attached hydrogen (secondary N) is 1. The number of esters is 2. The Labute approximate surface area is 170 Å². The van der Waals surface area contributed by atoms with Gasteiger partial charge in [0.05, 0.1) is 19.3 Å². The van der Waals surface area contributed by atoms with Crippen LogP contribution in [0.15, 0.2) is 0 Å². The van der Waals surface area contributed by atoms with Gasteiger partial charge in [-0.25, -0.2) is 9.59 Å². The van der Waals surface area contributed by atoms with Gasteiger partial charge in [0.25, 0.3) is 5.91 Å². The molecule has 1 aliphatic carbocycles. The third kappa shape index (κ3) is 4.03. The third-order valence-electron chi connectivity index (χ3n) is 6.17. The summed E-state index contributed by atoms with van der Waals surface area (Å²) in [5, 5.41) is 0. The van der Waals surface area contributed by atoms with Gasteiger partial charge in [-0.3, -0.25) is 4.79 Å². The van der Waals surface area contributed by atoms with Gasteiger partial charge < -0.3 is 24.1 Å². The van der Waals surface area contributed by atoms with E-state index in [4.69, 9.17) is 14.2 Å². The second-order valence-electron chi connectivity index (χ2n) is 7.85. The number of carbonyl (C=O) groups is 3. The van der Waals surface area contributed by atoms with Crippen LogP contribution < -0.4 is 0 Å². The van der Waals surface area contributed by atoms with Crippen molar-refractivity contribution in [3.63, 3.8) is 0 Å². The van der Waals surface area contributed by atoms with Crippen LogP contribution in [0.1, 0.15) is 64.2 Å². The molecule has 3 atom stereocenters. The molecule has 3 rings (SSSR count). The molecule has 8 nitrogen and oxygen atoms in total. The number of hydrogen-bond acceptors (Lipinski definition) is 6. The number of hydrogen-bond donors (Lipinski definition) is 1. The summed E-state index contributed by atoms with van der Waals surface area (Å²) in [5.74, 6) is -0.820. The molecule has 29 heavy (non-hydrogen) atoms. The van der Waals surface area contributed by atoms with Crippen LogP contribution in [0.3, 0.4) is 0 Å². The Morgan fingerprint density at radius 2 is 1.83 bits per heavy atom. The predicted molar refractivity (Wildman–Crippen MR) is 105 cm³/mol. The van der Waals surface area contributed by atoms with E-state index in [0.717, 1.165) is 25.7 Å². The Morgan fingerprint density at radius 1 is 1.10 bits per heavy atom. The van der Waals surface area contributed by atoms with E-state index in [0.29, 0.717) is 41.5 Å². The fourth-order valence-electron chi connectivity index (χ4n) is 4.79. The van der Waals surface area contributed by atoms with Gasteiger partial charge in [-0.05, 0) is 44.6 Å². The first-order chi connectivity index (χ1) is 13.9. The van der Waals surface area contributed by atoms with Crippen LogP contribution in [-0.4, -0.2) is 67.2 Å². The van der Waals surface area contributed by atoms with E-state index in [1.807, 2.05) is 0 Å². The van der Waals surface area contributed by atoms with Crippen LogP contribution >= 0.6 is 0 Å². The number of likely N-dealkylation sites (tertiary alicyclic amines) is 1. The highest BCUT2D eigenvalue weighted by atomic mass is 16.6. The minimum Gasteiger partial charge on any atom is -0.467 e. The maximum Gasteiger partial charge on any atom is 0.340 e. The van der Waals surface area contributed by atoms with E-state index in [9.17, 15) is 14.4 Å². The summed E-state index contributed by atoms with van der Waals surface area (Å²) < 4.78 is 15.1. The quantitative estimate of drug-likeness (QED) is 0.575. The van der Waals surface area contributed by atoms with E-state index in [1.54, 1.807) is 18.7 Å². The van der Waals surface area contributed by atoms with Crippen molar-refractivity contribution < 1.29 is 28.6 Å². The van der Waals surface area contributed by atoms with Crippen LogP contribution in [0.2, 0.25) is 0 Å². The minimum absolute atomic E-state index is 0.0282. The number of ether oxygens (including phenoxy) is 3. The number of aryl methyl sites for hydroxylation is 1. The first kappa shape index (κ1) is 21.4. The number of nitrogens with zero attached hydrogens (tertiary/aromatic N) is 1. The average Bonchev–Trinajstić information content (AvgIpc) is 3.24. The van der Waals surface area contributed by atoms with E-state index < -0.39 is 12.0 Å². The number of fused-ring (bicyclic) bond motifs is 1. The summed E-state index contributed by atoms with van der Waals surface area (Å²) in [4.78, 5) is 43.1. The first-order valence-corrected chi connectivity index (χ1v) is 10.2. The molecule has 2 aliphatic rings. The van der Waals surface area contributed by atoms with E-state index in [-0.39, 0.29) is 24.5 Å². The molecule has 1 N–H and O–H groups in total. The topological polar surface area (TPSA) is 97.9 Å². The van der Waals surface area contributed by atoms with Crippen LogP contribution in [0.5, 0.6) is 0 Å². The van der Waals surface area contributed by atoms with Gasteiger partial charge in [-0.15, -0.1) is 0 Å². The number of aromatic amines is 1. The summed E-state index contributed by atoms with van der Waals surface area (Å²) in [5.41, 5.74) is 1.81. The number of H-pyrrole nitrogens is 1. The number of carbonyl (C=O) groups excluding carboxylic acids is 3. The summed E-state index contributed by atoms with van der Waals surface area (Å²) in [6.45, 7) is 3.91. The lowest BCUT2D eigenvalue weighted by molar-refractivity contribution is -0.145. The van der Waals surface area contributed by atoms with E-state index in [1.165, 1.54) is 14.2 Å². The summed E-state index contributed by atoms with van der Waals surface area (Å²) in [6, 6.07) is -0.554. The lowest BCUT2D eigenvalue weighted by Crippen LogP contribution is -2.46. The SMILES string of the molecule is COCCOC(=O)c1c(C)[nH]c(C(=O)N2C(C(=O)OC)CC3CCCCC32)c1C. The van der Waals surface area contributed by atoms with Gasteiger partial charge in [0, 0.05) is 18.8 Å². The fraction of sp³-hybridized carbons (Fsp3) is 0.667. The molecule has 2 fully saturated rings. The highest BCUT2D eigenvalue weighted by Crippen LogP contribution is 2.41. The summed E-state index contributed by atoms with van der Waals surface area (Å²) in [6.07, 6.45) is 4.69. The Kier molecular flexibility index (Phi) is 6.62. The monoisotopic (exact) mass is 406 g/mol. The molecule has 2 heterocycles. The second-order valence-corrected chi connectivity index (χ2v) is 7.85. The molecular weight excluding hydrogens is 376 g/mol. The van der Waals surface area contributed by atoms with Crippen LogP contribution in [0, 0.1) is 19.8 Å². The summed E-state index contributed by atoms with van der Waals surface area (Å²) >= 11 is 0. The highest BCUT2D eigenvalue weighted by Gasteiger charge is 2.48. The molecular formula is C21H30N2O6. The molecule has 1 amide bonds. The Hall–Kier alpha value is -2.35. The van der Waals surface area contributed by atoms with Gasteiger partial charge in [0.2, 0.25) is 0 Å². The largest absolute Gasteiger partial charge is 0.467 e. The molecule has 1 aromatic heterocycles. The Morgan fingerprint density at radius 3 is 2.52 bits per heavy atom.